The summed E-state index contributed by atoms with van der Waals surface area (Å²) in [6.45, 7) is 5.90. The van der Waals surface area contributed by atoms with Crippen LogP contribution in [0.5, 0.6) is 0 Å². The number of rotatable bonds is 1. The van der Waals surface area contributed by atoms with Gasteiger partial charge in [-0.05, 0) is 25.8 Å². The molecule has 0 bridgehead atoms. The molecule has 0 spiro atoms. The molecule has 0 saturated heterocycles. The van der Waals surface area contributed by atoms with Gasteiger partial charge in [0.25, 0.3) is 0 Å². The van der Waals surface area contributed by atoms with E-state index >= 15 is 0 Å². The SMILES string of the molecule is CC(C)=CC1=CCCOC1. The van der Waals surface area contributed by atoms with Crippen molar-refractivity contribution in [3.05, 3.63) is 23.3 Å². The highest BCUT2D eigenvalue weighted by Crippen LogP contribution is 2.08. The van der Waals surface area contributed by atoms with Crippen LogP contribution >= 0.6 is 0 Å². The molecule has 0 aromatic heterocycles. The summed E-state index contributed by atoms with van der Waals surface area (Å²) in [6.07, 6.45) is 5.49. The van der Waals surface area contributed by atoms with Crippen LogP contribution in [0.3, 0.4) is 0 Å². The zero-order valence-electron chi connectivity index (χ0n) is 6.68. The molecule has 1 aliphatic rings. The predicted molar refractivity (Wildman–Crippen MR) is 43.0 cm³/mol. The Bertz CT molecular complexity index is 162. The molecule has 0 saturated carbocycles. The van der Waals surface area contributed by atoms with Gasteiger partial charge in [0.05, 0.1) is 13.2 Å². The van der Waals surface area contributed by atoms with E-state index in [0.29, 0.717) is 0 Å². The van der Waals surface area contributed by atoms with Gasteiger partial charge in [-0.1, -0.05) is 17.7 Å². The quantitative estimate of drug-likeness (QED) is 0.540. The van der Waals surface area contributed by atoms with Crippen molar-refractivity contribution < 1.29 is 4.74 Å². The van der Waals surface area contributed by atoms with Gasteiger partial charge in [-0.15, -0.1) is 0 Å². The van der Waals surface area contributed by atoms with Crippen LogP contribution < -0.4 is 0 Å². The summed E-state index contributed by atoms with van der Waals surface area (Å²) >= 11 is 0. The molecular formula is C9H14O. The highest BCUT2D eigenvalue weighted by atomic mass is 16.5. The second-order valence-electron chi connectivity index (χ2n) is 2.84. The summed E-state index contributed by atoms with van der Waals surface area (Å²) in [5.41, 5.74) is 2.67. The van der Waals surface area contributed by atoms with Crippen molar-refractivity contribution >= 4 is 0 Å². The second-order valence-corrected chi connectivity index (χ2v) is 2.84. The highest BCUT2D eigenvalue weighted by Gasteiger charge is 1.98. The average molecular weight is 138 g/mol. The van der Waals surface area contributed by atoms with E-state index in [4.69, 9.17) is 4.74 Å². The summed E-state index contributed by atoms with van der Waals surface area (Å²) in [6, 6.07) is 0. The van der Waals surface area contributed by atoms with Crippen molar-refractivity contribution in [2.24, 2.45) is 0 Å². The Hall–Kier alpha value is -0.560. The lowest BCUT2D eigenvalue weighted by atomic mass is 10.1. The van der Waals surface area contributed by atoms with Crippen molar-refractivity contribution in [2.45, 2.75) is 20.3 Å². The molecule has 0 radical (unpaired) electrons. The van der Waals surface area contributed by atoms with Gasteiger partial charge < -0.3 is 4.74 Å². The lowest BCUT2D eigenvalue weighted by Gasteiger charge is -2.10. The maximum absolute atomic E-state index is 5.27. The highest BCUT2D eigenvalue weighted by molar-refractivity contribution is 5.23. The molecule has 0 unspecified atom stereocenters. The van der Waals surface area contributed by atoms with E-state index in [2.05, 4.69) is 26.0 Å². The van der Waals surface area contributed by atoms with Crippen LogP contribution in [0.1, 0.15) is 20.3 Å². The Morgan fingerprint density at radius 3 is 2.90 bits per heavy atom. The minimum atomic E-state index is 0.797. The molecule has 0 amide bonds. The van der Waals surface area contributed by atoms with E-state index < -0.39 is 0 Å². The van der Waals surface area contributed by atoms with Crippen LogP contribution in [0, 0.1) is 0 Å². The average Bonchev–Trinajstić information content (AvgIpc) is 1.88. The summed E-state index contributed by atoms with van der Waals surface area (Å²) in [5, 5.41) is 0. The van der Waals surface area contributed by atoms with Gasteiger partial charge >= 0.3 is 0 Å². The minimum absolute atomic E-state index is 0.797. The smallest absolute Gasteiger partial charge is 0.0713 e. The van der Waals surface area contributed by atoms with Crippen molar-refractivity contribution in [2.75, 3.05) is 13.2 Å². The number of hydrogen-bond donors (Lipinski definition) is 0. The summed E-state index contributed by atoms with van der Waals surface area (Å²) in [4.78, 5) is 0. The fourth-order valence-electron chi connectivity index (χ4n) is 1.05. The van der Waals surface area contributed by atoms with Crippen LogP contribution in [-0.4, -0.2) is 13.2 Å². The molecule has 1 rings (SSSR count). The molecule has 1 nitrogen and oxygen atoms in total. The first kappa shape index (κ1) is 7.55. The third kappa shape index (κ3) is 2.36. The molecule has 0 aromatic rings. The molecule has 10 heavy (non-hydrogen) atoms. The Labute approximate surface area is 62.4 Å². The van der Waals surface area contributed by atoms with Gasteiger partial charge in [0.2, 0.25) is 0 Å². The van der Waals surface area contributed by atoms with Gasteiger partial charge in [-0.2, -0.15) is 0 Å². The van der Waals surface area contributed by atoms with Gasteiger partial charge in [0.15, 0.2) is 0 Å². The molecule has 1 heterocycles. The van der Waals surface area contributed by atoms with Gasteiger partial charge in [0, 0.05) is 0 Å². The van der Waals surface area contributed by atoms with Crippen LogP contribution in [0.4, 0.5) is 0 Å². The summed E-state index contributed by atoms with van der Waals surface area (Å²) < 4.78 is 5.27. The normalized spacial score (nSPS) is 18.0. The van der Waals surface area contributed by atoms with E-state index in [1.54, 1.807) is 0 Å². The third-order valence-electron chi connectivity index (χ3n) is 1.41. The van der Waals surface area contributed by atoms with E-state index in [0.717, 1.165) is 19.6 Å². The Balaban J connectivity index is 2.54. The molecule has 0 atom stereocenters. The Morgan fingerprint density at radius 1 is 1.60 bits per heavy atom. The molecule has 1 aliphatic heterocycles. The monoisotopic (exact) mass is 138 g/mol. The fourth-order valence-corrected chi connectivity index (χ4v) is 1.05. The van der Waals surface area contributed by atoms with Gasteiger partial charge in [-0.3, -0.25) is 0 Å². The van der Waals surface area contributed by atoms with E-state index in [1.807, 2.05) is 0 Å². The zero-order chi connectivity index (χ0) is 7.40. The van der Waals surface area contributed by atoms with Crippen molar-refractivity contribution in [1.82, 2.24) is 0 Å². The number of hydrogen-bond acceptors (Lipinski definition) is 1. The molecule has 0 fully saturated rings. The van der Waals surface area contributed by atoms with Crippen LogP contribution in [0.25, 0.3) is 0 Å². The minimum Gasteiger partial charge on any atom is -0.376 e. The van der Waals surface area contributed by atoms with Crippen molar-refractivity contribution in [3.8, 4) is 0 Å². The third-order valence-corrected chi connectivity index (χ3v) is 1.41. The maximum atomic E-state index is 5.27. The second kappa shape index (κ2) is 3.57. The van der Waals surface area contributed by atoms with Crippen LogP contribution in [0.15, 0.2) is 23.3 Å². The standard InChI is InChI=1S/C9H14O/c1-8(2)6-9-4-3-5-10-7-9/h4,6H,3,5,7H2,1-2H3. The molecule has 1 heteroatoms. The predicted octanol–water partition coefficient (Wildman–Crippen LogP) is 2.30. The summed E-state index contributed by atoms with van der Waals surface area (Å²) in [5.74, 6) is 0. The molecule has 0 aromatic carbocycles. The first-order valence-electron chi connectivity index (χ1n) is 3.71. The topological polar surface area (TPSA) is 9.23 Å². The first-order valence-corrected chi connectivity index (χ1v) is 3.71. The molecular weight excluding hydrogens is 124 g/mol. The van der Waals surface area contributed by atoms with Crippen LogP contribution in [0.2, 0.25) is 0 Å². The number of allylic oxidation sites excluding steroid dienone is 1. The van der Waals surface area contributed by atoms with Gasteiger partial charge in [0.1, 0.15) is 0 Å². The molecule has 0 N–H and O–H groups in total. The fraction of sp³-hybridized carbons (Fsp3) is 0.556. The van der Waals surface area contributed by atoms with Crippen molar-refractivity contribution in [1.29, 1.82) is 0 Å². The molecule has 0 aliphatic carbocycles. The number of ether oxygens (including phenoxy) is 1. The Morgan fingerprint density at radius 2 is 2.40 bits per heavy atom. The zero-order valence-corrected chi connectivity index (χ0v) is 6.68. The molecule has 56 valence electrons. The lowest BCUT2D eigenvalue weighted by molar-refractivity contribution is 0.153. The Kier molecular flexibility index (Phi) is 2.69. The largest absolute Gasteiger partial charge is 0.376 e. The maximum Gasteiger partial charge on any atom is 0.0713 e. The van der Waals surface area contributed by atoms with Crippen LogP contribution in [-0.2, 0) is 4.74 Å². The van der Waals surface area contributed by atoms with E-state index in [9.17, 15) is 0 Å². The lowest BCUT2D eigenvalue weighted by Crippen LogP contribution is -2.04. The summed E-state index contributed by atoms with van der Waals surface area (Å²) in [7, 11) is 0. The van der Waals surface area contributed by atoms with Gasteiger partial charge in [-0.25, -0.2) is 0 Å². The van der Waals surface area contributed by atoms with E-state index in [1.165, 1.54) is 11.1 Å². The van der Waals surface area contributed by atoms with E-state index in [-0.39, 0.29) is 0 Å². The first-order chi connectivity index (χ1) is 4.79. The van der Waals surface area contributed by atoms with Crippen molar-refractivity contribution in [3.63, 3.8) is 0 Å².